The number of amides is 1. The zero-order chi connectivity index (χ0) is 21.8. The van der Waals surface area contributed by atoms with E-state index in [-0.39, 0.29) is 23.2 Å². The minimum absolute atomic E-state index is 0.0353. The SMILES string of the molecule is CC(=O)Nc1ccc(Nc2ncnc(Nc3cccc4ncccc34)c2[N+](=O)[O-])cc1. The Labute approximate surface area is 176 Å². The highest BCUT2D eigenvalue weighted by Gasteiger charge is 2.23. The molecule has 154 valence electrons. The third-order valence-corrected chi connectivity index (χ3v) is 4.37. The maximum absolute atomic E-state index is 11.8. The molecule has 2 heterocycles. The normalized spacial score (nSPS) is 10.5. The van der Waals surface area contributed by atoms with E-state index in [2.05, 4.69) is 30.9 Å². The van der Waals surface area contributed by atoms with Crippen LogP contribution in [-0.4, -0.2) is 25.8 Å². The van der Waals surface area contributed by atoms with Crippen molar-refractivity contribution in [1.82, 2.24) is 15.0 Å². The maximum Gasteiger partial charge on any atom is 0.353 e. The highest BCUT2D eigenvalue weighted by molar-refractivity contribution is 5.94. The number of rotatable bonds is 6. The molecule has 0 saturated carbocycles. The first-order valence-corrected chi connectivity index (χ1v) is 9.26. The van der Waals surface area contributed by atoms with Gasteiger partial charge in [0.25, 0.3) is 0 Å². The van der Waals surface area contributed by atoms with Crippen molar-refractivity contribution in [2.24, 2.45) is 0 Å². The van der Waals surface area contributed by atoms with E-state index in [1.807, 2.05) is 12.1 Å². The molecule has 0 fully saturated rings. The lowest BCUT2D eigenvalue weighted by molar-refractivity contribution is -0.383. The number of pyridine rings is 1. The number of carbonyl (C=O) groups excluding carboxylic acids is 1. The first-order valence-electron chi connectivity index (χ1n) is 9.26. The molecule has 10 heteroatoms. The molecule has 31 heavy (non-hydrogen) atoms. The van der Waals surface area contributed by atoms with E-state index in [0.29, 0.717) is 17.1 Å². The zero-order valence-corrected chi connectivity index (χ0v) is 16.4. The minimum Gasteiger partial charge on any atom is -0.334 e. The fraction of sp³-hybridized carbons (Fsp3) is 0.0476. The van der Waals surface area contributed by atoms with E-state index in [4.69, 9.17) is 0 Å². The molecule has 1 amide bonds. The average Bonchev–Trinajstić information content (AvgIpc) is 2.75. The van der Waals surface area contributed by atoms with Crippen molar-refractivity contribution in [1.29, 1.82) is 0 Å². The van der Waals surface area contributed by atoms with Gasteiger partial charge in [-0.25, -0.2) is 9.97 Å². The van der Waals surface area contributed by atoms with Gasteiger partial charge in [0.05, 0.1) is 10.4 Å². The van der Waals surface area contributed by atoms with E-state index in [1.165, 1.54) is 13.3 Å². The van der Waals surface area contributed by atoms with Gasteiger partial charge in [-0.2, -0.15) is 0 Å². The summed E-state index contributed by atoms with van der Waals surface area (Å²) < 4.78 is 0. The largest absolute Gasteiger partial charge is 0.353 e. The van der Waals surface area contributed by atoms with Crippen LogP contribution in [0, 0.1) is 10.1 Å². The monoisotopic (exact) mass is 415 g/mol. The topological polar surface area (TPSA) is 135 Å². The van der Waals surface area contributed by atoms with Crippen LogP contribution in [0.25, 0.3) is 10.9 Å². The van der Waals surface area contributed by atoms with E-state index >= 15 is 0 Å². The molecule has 0 atom stereocenters. The first-order chi connectivity index (χ1) is 15.0. The molecular weight excluding hydrogens is 398 g/mol. The predicted octanol–water partition coefficient (Wildman–Crippen LogP) is 4.38. The minimum atomic E-state index is -0.542. The molecule has 2 aromatic heterocycles. The lowest BCUT2D eigenvalue weighted by atomic mass is 10.2. The second-order valence-corrected chi connectivity index (χ2v) is 6.56. The number of nitro groups is 1. The Kier molecular flexibility index (Phi) is 5.35. The number of carbonyl (C=O) groups is 1. The van der Waals surface area contributed by atoms with Gasteiger partial charge in [-0.3, -0.25) is 19.9 Å². The molecule has 0 saturated heterocycles. The van der Waals surface area contributed by atoms with Crippen molar-refractivity contribution in [3.8, 4) is 0 Å². The van der Waals surface area contributed by atoms with Gasteiger partial charge >= 0.3 is 5.69 Å². The van der Waals surface area contributed by atoms with Crippen LogP contribution in [0.4, 0.5) is 34.4 Å². The Morgan fingerprint density at radius 2 is 1.61 bits per heavy atom. The van der Waals surface area contributed by atoms with Crippen LogP contribution in [0.15, 0.2) is 67.1 Å². The second-order valence-electron chi connectivity index (χ2n) is 6.56. The molecule has 0 aliphatic carbocycles. The van der Waals surface area contributed by atoms with Gasteiger partial charge in [-0.05, 0) is 48.5 Å². The van der Waals surface area contributed by atoms with E-state index < -0.39 is 4.92 Å². The number of anilines is 5. The summed E-state index contributed by atoms with van der Waals surface area (Å²) in [6, 6.07) is 15.8. The van der Waals surface area contributed by atoms with Gasteiger partial charge in [-0.1, -0.05) is 6.07 Å². The molecule has 4 aromatic rings. The smallest absolute Gasteiger partial charge is 0.334 e. The number of nitrogens with zero attached hydrogens (tertiary/aromatic N) is 4. The molecule has 0 spiro atoms. The molecule has 0 radical (unpaired) electrons. The summed E-state index contributed by atoms with van der Waals surface area (Å²) in [6.07, 6.45) is 2.92. The van der Waals surface area contributed by atoms with E-state index in [1.54, 1.807) is 48.7 Å². The molecule has 4 rings (SSSR count). The average molecular weight is 415 g/mol. The van der Waals surface area contributed by atoms with Crippen molar-refractivity contribution >= 4 is 51.2 Å². The van der Waals surface area contributed by atoms with E-state index in [0.717, 1.165) is 10.9 Å². The summed E-state index contributed by atoms with van der Waals surface area (Å²) >= 11 is 0. The van der Waals surface area contributed by atoms with Crippen LogP contribution in [0.3, 0.4) is 0 Å². The quantitative estimate of drug-likeness (QED) is 0.312. The number of fused-ring (bicyclic) bond motifs is 1. The van der Waals surface area contributed by atoms with Gasteiger partial charge < -0.3 is 16.0 Å². The first kappa shape index (κ1) is 19.7. The molecule has 3 N–H and O–H groups in total. The van der Waals surface area contributed by atoms with Crippen molar-refractivity contribution < 1.29 is 9.72 Å². The Hall–Kier alpha value is -4.60. The summed E-state index contributed by atoms with van der Waals surface area (Å²) in [5.41, 5.74) is 2.27. The number of benzene rings is 2. The molecule has 0 aliphatic rings. The van der Waals surface area contributed by atoms with Gasteiger partial charge in [0, 0.05) is 35.6 Å². The molecule has 0 aliphatic heterocycles. The molecule has 0 unspecified atom stereocenters. The van der Waals surface area contributed by atoms with Crippen LogP contribution in [-0.2, 0) is 4.79 Å². The maximum atomic E-state index is 11.8. The van der Waals surface area contributed by atoms with Crippen molar-refractivity contribution in [3.63, 3.8) is 0 Å². The fourth-order valence-electron chi connectivity index (χ4n) is 3.05. The Morgan fingerprint density at radius 1 is 0.903 bits per heavy atom. The highest BCUT2D eigenvalue weighted by atomic mass is 16.6. The van der Waals surface area contributed by atoms with Crippen LogP contribution in [0.2, 0.25) is 0 Å². The number of hydrogen-bond acceptors (Lipinski definition) is 8. The summed E-state index contributed by atoms with van der Waals surface area (Å²) in [5, 5.41) is 21.3. The number of nitrogens with one attached hydrogen (secondary N) is 3. The Balaban J connectivity index is 1.67. The molecular formula is C21H17N7O3. The third-order valence-electron chi connectivity index (χ3n) is 4.37. The lowest BCUT2D eigenvalue weighted by Crippen LogP contribution is -2.07. The second kappa shape index (κ2) is 8.41. The van der Waals surface area contributed by atoms with Crippen LogP contribution < -0.4 is 16.0 Å². The highest BCUT2D eigenvalue weighted by Crippen LogP contribution is 2.34. The van der Waals surface area contributed by atoms with Gasteiger partial charge in [-0.15, -0.1) is 0 Å². The van der Waals surface area contributed by atoms with E-state index in [9.17, 15) is 14.9 Å². The molecule has 10 nitrogen and oxygen atoms in total. The number of hydrogen-bond donors (Lipinski definition) is 3. The number of aromatic nitrogens is 3. The van der Waals surface area contributed by atoms with Crippen molar-refractivity contribution in [2.45, 2.75) is 6.92 Å². The summed E-state index contributed by atoms with van der Waals surface area (Å²) in [5.74, 6) is -0.103. The molecule has 2 aromatic carbocycles. The van der Waals surface area contributed by atoms with Crippen LogP contribution >= 0.6 is 0 Å². The summed E-state index contributed by atoms with van der Waals surface area (Å²) in [4.78, 5) is 34.9. The fourth-order valence-corrected chi connectivity index (χ4v) is 3.05. The predicted molar refractivity (Wildman–Crippen MR) is 118 cm³/mol. The van der Waals surface area contributed by atoms with Gasteiger partial charge in [0.1, 0.15) is 6.33 Å². The van der Waals surface area contributed by atoms with Gasteiger partial charge in [0.2, 0.25) is 17.5 Å². The zero-order valence-electron chi connectivity index (χ0n) is 16.4. The Morgan fingerprint density at radius 3 is 2.32 bits per heavy atom. The van der Waals surface area contributed by atoms with Crippen molar-refractivity contribution in [3.05, 3.63) is 77.2 Å². The summed E-state index contributed by atoms with van der Waals surface area (Å²) in [6.45, 7) is 1.41. The van der Waals surface area contributed by atoms with Gasteiger partial charge in [0.15, 0.2) is 0 Å². The lowest BCUT2D eigenvalue weighted by Gasteiger charge is -2.12. The Bertz CT molecular complexity index is 1270. The molecule has 0 bridgehead atoms. The standard InChI is InChI=1S/C21H17N7O3/c1-13(29)25-14-7-9-15(10-8-14)26-20-19(28(30)31)21(24-12-23-20)27-18-6-2-5-17-16(18)4-3-11-22-17/h2-12H,1H3,(H,25,29)(H2,23,24,26,27). The van der Waals surface area contributed by atoms with Crippen LogP contribution in [0.1, 0.15) is 6.92 Å². The summed E-state index contributed by atoms with van der Waals surface area (Å²) in [7, 11) is 0. The third kappa shape index (κ3) is 4.37. The van der Waals surface area contributed by atoms with Crippen molar-refractivity contribution in [2.75, 3.05) is 16.0 Å². The van der Waals surface area contributed by atoms with Crippen LogP contribution in [0.5, 0.6) is 0 Å².